The molecule has 1 spiro atoms. The zero-order valence-corrected chi connectivity index (χ0v) is 44.0. The molecule has 0 radical (unpaired) electrons. The van der Waals surface area contributed by atoms with Gasteiger partial charge in [0.15, 0.2) is 17.8 Å². The molecule has 2 aliphatic rings. The fraction of sp³-hybridized carbons (Fsp3) is 0.700. The van der Waals surface area contributed by atoms with E-state index in [4.69, 9.17) is 33.2 Å². The number of nitriles is 1. The Morgan fingerprint density at radius 3 is 2.36 bits per heavy atom. The van der Waals surface area contributed by atoms with Crippen LogP contribution in [0.3, 0.4) is 0 Å². The minimum atomic E-state index is -5.15. The lowest BCUT2D eigenvalue weighted by atomic mass is 9.72. The van der Waals surface area contributed by atoms with Gasteiger partial charge >= 0.3 is 7.82 Å². The first-order valence-corrected chi connectivity index (χ1v) is 25.4. The van der Waals surface area contributed by atoms with E-state index in [-0.39, 0.29) is 44.2 Å². The average molecular weight is 1010 g/mol. The molecule has 0 aliphatic carbocycles. The van der Waals surface area contributed by atoms with Crippen LogP contribution in [0.25, 0.3) is 6.08 Å². The predicted octanol–water partition coefficient (Wildman–Crippen LogP) is 4.69. The number of aliphatic hydroxyl groups is 5. The predicted molar refractivity (Wildman–Crippen MR) is 262 cm³/mol. The standard InChI is InChI=1S/C50H81N4O15P/c1-29(20-22-51)16-14-17-30(2)32(4)24-33(5)42(57)35(7)38(55)25-41(65-13)45-46(69-70(61,62)63)49(8,9)50(68-45)26-39(56)34(6)40(67-50)19-15-18-36-27-66-48(53-36)31(3)21-23-52-47(60)44(59)43(58)37(28-64-12)54(10)11/h14-18,20,24,27,31,33-35,37-46,55-59H,19,21,23,25-26,28H2,1-13H3,(H,52,60)(H2,61,62,63)/b16-14-,18-15+,29-20-,30-17+,32-24+/t31-,33+,34-,35-,37-,38-,39+,40-,41-,42+,43-,44-,45+,46-,50+/m1/s1. The lowest BCUT2D eigenvalue weighted by molar-refractivity contribution is -0.334. The van der Waals surface area contributed by atoms with E-state index in [1.54, 1.807) is 45.8 Å². The largest absolute Gasteiger partial charge is 0.469 e. The number of carbonyl (C=O) groups is 1. The van der Waals surface area contributed by atoms with Crippen molar-refractivity contribution in [2.75, 3.05) is 41.5 Å². The van der Waals surface area contributed by atoms with Gasteiger partial charge in [0.2, 0.25) is 0 Å². The molecule has 8 N–H and O–H groups in total. The SMILES string of the molecule is COC[C@H]([C@@H](O)[C@@H](O)C(=O)NCC[C@@H](C)c1nc(/C=C/C[C@H]2O[C@@]3(C[C@H](O)[C@H]2C)O[C@@H]([C@@H](C[C@@H](O)[C@@H](C)[C@@H](O)[C@@H](C)/C=C(C)/C(C)=C/C=C\C(C)=C/C#N)OC)[C@@H](OP(=O)(O)O)C3(C)C)co1)N(C)C. The molecule has 0 bridgehead atoms. The van der Waals surface area contributed by atoms with Crippen LogP contribution in [0.2, 0.25) is 0 Å². The van der Waals surface area contributed by atoms with E-state index >= 15 is 0 Å². The molecule has 0 unspecified atom stereocenters. The van der Waals surface area contributed by atoms with E-state index in [2.05, 4.69) is 10.3 Å². The molecule has 2 fully saturated rings. The first-order chi connectivity index (χ1) is 32.6. The minimum absolute atomic E-state index is 0.0645. The second-order valence-corrected chi connectivity index (χ2v) is 21.1. The third kappa shape index (κ3) is 16.3. The number of phosphoric acid groups is 1. The highest BCUT2D eigenvalue weighted by Crippen LogP contribution is 2.59. The molecule has 15 atom stereocenters. The van der Waals surface area contributed by atoms with Crippen molar-refractivity contribution in [2.45, 2.75) is 161 Å². The number of phosphoric ester groups is 1. The van der Waals surface area contributed by atoms with Gasteiger partial charge < -0.3 is 68.9 Å². The van der Waals surface area contributed by atoms with E-state index in [1.165, 1.54) is 26.6 Å². The van der Waals surface area contributed by atoms with Gasteiger partial charge in [-0.3, -0.25) is 9.32 Å². The second kappa shape index (κ2) is 27.0. The van der Waals surface area contributed by atoms with Crippen LogP contribution in [-0.2, 0) is 32.8 Å². The van der Waals surface area contributed by atoms with Gasteiger partial charge in [-0.15, -0.1) is 0 Å². The van der Waals surface area contributed by atoms with E-state index in [1.807, 2.05) is 78.0 Å². The second-order valence-electron chi connectivity index (χ2n) is 19.9. The summed E-state index contributed by atoms with van der Waals surface area (Å²) in [5.74, 6) is -3.63. The van der Waals surface area contributed by atoms with Gasteiger partial charge in [0.25, 0.3) is 5.91 Å². The van der Waals surface area contributed by atoms with Gasteiger partial charge in [-0.25, -0.2) is 9.55 Å². The molecule has 3 heterocycles. The zero-order chi connectivity index (χ0) is 52.9. The summed E-state index contributed by atoms with van der Waals surface area (Å²) in [6.45, 7) is 16.6. The number of likely N-dealkylation sites (N-methyl/N-ethyl adjacent to an activating group) is 1. The summed E-state index contributed by atoms with van der Waals surface area (Å²) in [6, 6.07) is 1.40. The number of carbonyl (C=O) groups excluding carboxylic acids is 1. The normalized spacial score (nSPS) is 27.6. The van der Waals surface area contributed by atoms with Crippen LogP contribution in [0.1, 0.15) is 105 Å². The number of rotatable bonds is 26. The van der Waals surface area contributed by atoms with Crippen molar-refractivity contribution >= 4 is 19.8 Å². The van der Waals surface area contributed by atoms with Gasteiger partial charge in [-0.1, -0.05) is 77.5 Å². The third-order valence-corrected chi connectivity index (χ3v) is 14.5. The fourth-order valence-electron chi connectivity index (χ4n) is 8.96. The molecule has 0 saturated carbocycles. The Morgan fingerprint density at radius 2 is 1.76 bits per heavy atom. The van der Waals surface area contributed by atoms with Crippen LogP contribution in [0, 0.1) is 34.5 Å². The molecule has 3 rings (SSSR count). The smallest absolute Gasteiger partial charge is 0.448 e. The van der Waals surface area contributed by atoms with Gasteiger partial charge in [0.05, 0.1) is 49.2 Å². The Hall–Kier alpha value is -3.42. The molecule has 2 aliphatic heterocycles. The summed E-state index contributed by atoms with van der Waals surface area (Å²) in [6.07, 6.45) is 4.10. The summed E-state index contributed by atoms with van der Waals surface area (Å²) in [4.78, 5) is 39.2. The summed E-state index contributed by atoms with van der Waals surface area (Å²) in [7, 11) is 1.12. The summed E-state index contributed by atoms with van der Waals surface area (Å²) in [5, 5.41) is 67.1. The molecule has 1 aromatic heterocycles. The number of methoxy groups -OCH3 is 2. The molecule has 2 saturated heterocycles. The molecule has 20 heteroatoms. The Bertz CT molecular complexity index is 2080. The maximum Gasteiger partial charge on any atom is 0.469 e. The van der Waals surface area contributed by atoms with Crippen molar-refractivity contribution < 1.29 is 72.6 Å². The molecular weight excluding hydrogens is 928 g/mol. The van der Waals surface area contributed by atoms with Crippen molar-refractivity contribution in [1.29, 1.82) is 5.26 Å². The lowest BCUT2D eigenvalue weighted by Crippen LogP contribution is -2.58. The van der Waals surface area contributed by atoms with Crippen molar-refractivity contribution in [3.8, 4) is 6.07 Å². The average Bonchev–Trinajstić information content (AvgIpc) is 3.84. The zero-order valence-electron chi connectivity index (χ0n) is 43.1. The number of hydrogen-bond donors (Lipinski definition) is 8. The minimum Gasteiger partial charge on any atom is -0.448 e. The first-order valence-electron chi connectivity index (χ1n) is 23.8. The van der Waals surface area contributed by atoms with E-state index < -0.39 is 97.7 Å². The Balaban J connectivity index is 1.74. The van der Waals surface area contributed by atoms with Crippen molar-refractivity contribution in [3.63, 3.8) is 0 Å². The van der Waals surface area contributed by atoms with Crippen LogP contribution in [0.4, 0.5) is 0 Å². The molecule has 0 aromatic carbocycles. The van der Waals surface area contributed by atoms with Crippen LogP contribution in [0.5, 0.6) is 0 Å². The Labute approximate surface area is 414 Å². The van der Waals surface area contributed by atoms with Crippen molar-refractivity contribution in [3.05, 3.63) is 71.0 Å². The monoisotopic (exact) mass is 1010 g/mol. The van der Waals surface area contributed by atoms with Crippen LogP contribution >= 0.6 is 7.82 Å². The van der Waals surface area contributed by atoms with Gasteiger partial charge in [-0.05, 0) is 64.9 Å². The topological polar surface area (TPSA) is 287 Å². The highest BCUT2D eigenvalue weighted by molar-refractivity contribution is 7.46. The summed E-state index contributed by atoms with van der Waals surface area (Å²) >= 11 is 0. The van der Waals surface area contributed by atoms with Crippen LogP contribution in [0.15, 0.2) is 63.9 Å². The van der Waals surface area contributed by atoms with E-state index in [0.29, 0.717) is 18.0 Å². The number of aromatic nitrogens is 1. The Morgan fingerprint density at radius 1 is 1.09 bits per heavy atom. The molecule has 1 amide bonds. The van der Waals surface area contributed by atoms with Gasteiger partial charge in [0, 0.05) is 68.8 Å². The molecule has 1 aromatic rings. The quantitative estimate of drug-likeness (QED) is 0.0355. The van der Waals surface area contributed by atoms with Crippen molar-refractivity contribution in [2.24, 2.45) is 23.2 Å². The maximum absolute atomic E-state index is 12.6. The van der Waals surface area contributed by atoms with Gasteiger partial charge in [-0.2, -0.15) is 5.26 Å². The maximum atomic E-state index is 12.6. The Kier molecular flexibility index (Phi) is 23.5. The fourth-order valence-corrected chi connectivity index (χ4v) is 9.64. The number of nitrogens with zero attached hydrogens (tertiary/aromatic N) is 3. The summed E-state index contributed by atoms with van der Waals surface area (Å²) < 4.78 is 48.2. The van der Waals surface area contributed by atoms with Crippen LogP contribution in [-0.4, -0.2) is 159 Å². The lowest BCUT2D eigenvalue weighted by Gasteiger charge is -2.50. The summed E-state index contributed by atoms with van der Waals surface area (Å²) in [5.41, 5.74) is 1.87. The highest BCUT2D eigenvalue weighted by Gasteiger charge is 2.68. The first kappa shape index (κ1) is 60.9. The number of oxazole rings is 1. The van der Waals surface area contributed by atoms with Crippen molar-refractivity contribution in [1.82, 2.24) is 15.2 Å². The third-order valence-electron chi connectivity index (χ3n) is 14.0. The number of hydrogen-bond acceptors (Lipinski definition) is 16. The number of nitrogens with one attached hydrogen (secondary N) is 1. The molecular formula is C50H81N4O15P. The molecule has 70 heavy (non-hydrogen) atoms. The van der Waals surface area contributed by atoms with Gasteiger partial charge in [0.1, 0.15) is 30.3 Å². The van der Waals surface area contributed by atoms with Crippen LogP contribution < -0.4 is 5.32 Å². The molecule has 19 nitrogen and oxygen atoms in total. The number of allylic oxidation sites excluding steroid dienone is 7. The number of ether oxygens (including phenoxy) is 4. The molecule has 396 valence electrons. The highest BCUT2D eigenvalue weighted by atomic mass is 31.2. The van der Waals surface area contributed by atoms with E-state index in [0.717, 1.165) is 16.7 Å². The number of amides is 1. The van der Waals surface area contributed by atoms with E-state index in [9.17, 15) is 44.7 Å². The number of aliphatic hydroxyl groups excluding tert-OH is 5.